The third-order valence-electron chi connectivity index (χ3n) is 5.89. The lowest BCUT2D eigenvalue weighted by molar-refractivity contribution is -0.139. The zero-order chi connectivity index (χ0) is 23.7. The van der Waals surface area contributed by atoms with Crippen molar-refractivity contribution in [3.8, 4) is 5.75 Å². The average molecular weight is 448 g/mol. The number of fused-ring (bicyclic) bond motifs is 1. The fourth-order valence-corrected chi connectivity index (χ4v) is 4.25. The number of rotatable bonds is 6. The highest BCUT2D eigenvalue weighted by Crippen LogP contribution is 2.42. The summed E-state index contributed by atoms with van der Waals surface area (Å²) < 4.78 is 13.6. The van der Waals surface area contributed by atoms with Crippen LogP contribution < -0.4 is 0 Å². The van der Waals surface area contributed by atoms with Gasteiger partial charge in [-0.05, 0) is 56.2 Å². The summed E-state index contributed by atoms with van der Waals surface area (Å²) in [4.78, 5) is 29.4. The minimum absolute atomic E-state index is 0.0621. The lowest BCUT2D eigenvalue weighted by Crippen LogP contribution is -2.32. The van der Waals surface area contributed by atoms with Crippen molar-refractivity contribution in [2.75, 3.05) is 27.2 Å². The molecule has 0 aromatic heterocycles. The largest absolute Gasteiger partial charge is 0.507 e. The van der Waals surface area contributed by atoms with Crippen LogP contribution in [0.3, 0.4) is 0 Å². The topological polar surface area (TPSA) is 81.1 Å². The molecule has 1 atom stereocenters. The number of Topliss-reactive ketones (excluding diaryl/α,β-unsaturated/α-hetero) is 1. The highest BCUT2D eigenvalue weighted by Gasteiger charge is 2.46. The summed E-state index contributed by atoms with van der Waals surface area (Å²) in [6.07, 6.45) is 0.610. The molecule has 1 amide bonds. The Hall–Kier alpha value is -3.71. The number of benzene rings is 3. The fourth-order valence-electron chi connectivity index (χ4n) is 4.25. The summed E-state index contributed by atoms with van der Waals surface area (Å²) in [5.41, 5.74) is 0.441. The van der Waals surface area contributed by atoms with Crippen molar-refractivity contribution in [3.63, 3.8) is 0 Å². The summed E-state index contributed by atoms with van der Waals surface area (Å²) in [7, 11) is 3.82. The van der Waals surface area contributed by atoms with E-state index in [4.69, 9.17) is 0 Å². The maximum absolute atomic E-state index is 13.6. The molecular weight excluding hydrogens is 423 g/mol. The highest BCUT2D eigenvalue weighted by molar-refractivity contribution is 6.46. The molecule has 0 radical (unpaired) electrons. The number of aromatic hydroxyl groups is 1. The molecule has 1 heterocycles. The van der Waals surface area contributed by atoms with Gasteiger partial charge in [0.25, 0.3) is 11.7 Å². The molecule has 0 unspecified atom stereocenters. The first-order chi connectivity index (χ1) is 15.8. The molecule has 2 N–H and O–H groups in total. The number of amides is 1. The maximum Gasteiger partial charge on any atom is 0.295 e. The molecule has 0 spiro atoms. The van der Waals surface area contributed by atoms with E-state index in [-0.39, 0.29) is 23.4 Å². The third kappa shape index (κ3) is 4.19. The van der Waals surface area contributed by atoms with E-state index in [1.54, 1.807) is 18.2 Å². The van der Waals surface area contributed by atoms with Gasteiger partial charge in [-0.25, -0.2) is 4.39 Å². The Morgan fingerprint density at radius 3 is 2.42 bits per heavy atom. The van der Waals surface area contributed by atoms with Crippen LogP contribution in [-0.4, -0.2) is 58.9 Å². The van der Waals surface area contributed by atoms with Gasteiger partial charge >= 0.3 is 0 Å². The molecule has 0 bridgehead atoms. The Bertz CT molecular complexity index is 1250. The number of halogens is 1. The van der Waals surface area contributed by atoms with Crippen molar-refractivity contribution in [1.82, 2.24) is 9.80 Å². The van der Waals surface area contributed by atoms with Crippen molar-refractivity contribution >= 4 is 28.2 Å². The number of carbonyl (C=O) groups is 2. The number of nitrogens with zero attached hydrogens (tertiary/aromatic N) is 2. The molecule has 6 nitrogen and oxygen atoms in total. The van der Waals surface area contributed by atoms with Crippen LogP contribution in [0.1, 0.15) is 23.6 Å². The average Bonchev–Trinajstić information content (AvgIpc) is 3.04. The normalized spacial score (nSPS) is 17.9. The summed E-state index contributed by atoms with van der Waals surface area (Å²) in [6.45, 7) is 0.982. The van der Waals surface area contributed by atoms with Crippen LogP contribution in [0.25, 0.3) is 16.5 Å². The number of aliphatic hydroxyl groups is 1. The number of phenols is 1. The predicted molar refractivity (Wildman–Crippen MR) is 124 cm³/mol. The first-order valence-corrected chi connectivity index (χ1v) is 10.7. The van der Waals surface area contributed by atoms with Crippen LogP contribution in [0.2, 0.25) is 0 Å². The molecule has 3 aromatic rings. The van der Waals surface area contributed by atoms with E-state index in [0.717, 1.165) is 5.39 Å². The van der Waals surface area contributed by atoms with Gasteiger partial charge in [0.05, 0.1) is 17.2 Å². The minimum atomic E-state index is -0.890. The fraction of sp³-hybridized carbons (Fsp3) is 0.231. The molecule has 1 saturated heterocycles. The summed E-state index contributed by atoms with van der Waals surface area (Å²) in [6, 6.07) is 15.0. The molecule has 3 aromatic carbocycles. The van der Waals surface area contributed by atoms with E-state index >= 15 is 0 Å². The summed E-state index contributed by atoms with van der Waals surface area (Å²) in [5, 5.41) is 23.3. The predicted octanol–water partition coefficient (Wildman–Crippen LogP) is 4.06. The second kappa shape index (κ2) is 9.03. The highest BCUT2D eigenvalue weighted by atomic mass is 19.1. The molecule has 0 aliphatic carbocycles. The Balaban J connectivity index is 1.86. The molecule has 33 heavy (non-hydrogen) atoms. The van der Waals surface area contributed by atoms with Crippen LogP contribution in [-0.2, 0) is 9.59 Å². The number of hydrogen-bond acceptors (Lipinski definition) is 5. The van der Waals surface area contributed by atoms with Crippen LogP contribution in [0, 0.1) is 5.82 Å². The molecule has 4 rings (SSSR count). The minimum Gasteiger partial charge on any atom is -0.507 e. The van der Waals surface area contributed by atoms with Crippen molar-refractivity contribution in [2.24, 2.45) is 0 Å². The first-order valence-electron chi connectivity index (χ1n) is 10.7. The summed E-state index contributed by atoms with van der Waals surface area (Å²) >= 11 is 0. The van der Waals surface area contributed by atoms with Crippen LogP contribution in [0.4, 0.5) is 4.39 Å². The first kappa shape index (κ1) is 22.5. The van der Waals surface area contributed by atoms with Crippen molar-refractivity contribution < 1.29 is 24.2 Å². The molecule has 1 fully saturated rings. The molecule has 1 aliphatic rings. The Labute approximate surface area is 191 Å². The Morgan fingerprint density at radius 2 is 1.73 bits per heavy atom. The van der Waals surface area contributed by atoms with Gasteiger partial charge in [0.1, 0.15) is 17.3 Å². The number of aliphatic hydroxyl groups excluding tert-OH is 1. The number of carbonyl (C=O) groups excluding carboxylic acids is 2. The van der Waals surface area contributed by atoms with E-state index in [1.165, 1.54) is 35.2 Å². The second-order valence-electron chi connectivity index (χ2n) is 8.38. The van der Waals surface area contributed by atoms with Crippen molar-refractivity contribution in [2.45, 2.75) is 12.5 Å². The zero-order valence-electron chi connectivity index (χ0n) is 18.5. The van der Waals surface area contributed by atoms with E-state index in [0.29, 0.717) is 23.9 Å². The van der Waals surface area contributed by atoms with Gasteiger partial charge in [-0.15, -0.1) is 0 Å². The molecular formula is C26H25FN2O4. The van der Waals surface area contributed by atoms with Gasteiger partial charge in [0, 0.05) is 11.9 Å². The molecule has 1 aliphatic heterocycles. The lowest BCUT2D eigenvalue weighted by atomic mass is 9.94. The summed E-state index contributed by atoms with van der Waals surface area (Å²) in [5.74, 6) is -2.65. The Kier molecular flexibility index (Phi) is 6.16. The van der Waals surface area contributed by atoms with E-state index < -0.39 is 29.3 Å². The number of hydrogen-bond donors (Lipinski definition) is 2. The smallest absolute Gasteiger partial charge is 0.295 e. The van der Waals surface area contributed by atoms with Gasteiger partial charge < -0.3 is 20.0 Å². The van der Waals surface area contributed by atoms with Crippen molar-refractivity contribution in [1.29, 1.82) is 0 Å². The lowest BCUT2D eigenvalue weighted by Gasteiger charge is -2.26. The van der Waals surface area contributed by atoms with E-state index in [1.807, 2.05) is 31.1 Å². The quantitative estimate of drug-likeness (QED) is 0.338. The number of ketones is 1. The van der Waals surface area contributed by atoms with Gasteiger partial charge in [-0.3, -0.25) is 9.59 Å². The SMILES string of the molecule is CN(C)CCCN1C(=O)C(=O)C(=C(O)c2ccc3ccccc3c2O)[C@@H]1c1ccc(F)cc1. The van der Waals surface area contributed by atoms with Crippen LogP contribution >= 0.6 is 0 Å². The van der Waals surface area contributed by atoms with Gasteiger partial charge in [-0.2, -0.15) is 0 Å². The standard InChI is InChI=1S/C26H25FN2O4/c1-28(2)14-5-15-29-22(17-8-11-18(27)12-9-17)21(25(32)26(29)33)24(31)20-13-10-16-6-3-4-7-19(16)23(20)30/h3-4,6-13,22,30-31H,5,14-15H2,1-2H3/t22-/m0/s1. The monoisotopic (exact) mass is 448 g/mol. The van der Waals surface area contributed by atoms with E-state index in [9.17, 15) is 24.2 Å². The third-order valence-corrected chi connectivity index (χ3v) is 5.89. The number of likely N-dealkylation sites (tertiary alicyclic amines) is 1. The molecule has 0 saturated carbocycles. The molecule has 170 valence electrons. The number of phenolic OH excluding ortho intramolecular Hbond substituents is 1. The van der Waals surface area contributed by atoms with Gasteiger partial charge in [-0.1, -0.05) is 42.5 Å². The van der Waals surface area contributed by atoms with Gasteiger partial charge in [0.15, 0.2) is 0 Å². The van der Waals surface area contributed by atoms with Crippen LogP contribution in [0.5, 0.6) is 5.75 Å². The second-order valence-corrected chi connectivity index (χ2v) is 8.38. The molecule has 7 heteroatoms. The van der Waals surface area contributed by atoms with Gasteiger partial charge in [0.2, 0.25) is 0 Å². The van der Waals surface area contributed by atoms with E-state index in [2.05, 4.69) is 0 Å². The Morgan fingerprint density at radius 1 is 1.03 bits per heavy atom. The van der Waals surface area contributed by atoms with Crippen molar-refractivity contribution in [3.05, 3.63) is 83.2 Å². The maximum atomic E-state index is 13.6. The van der Waals surface area contributed by atoms with Crippen LogP contribution in [0.15, 0.2) is 66.2 Å². The zero-order valence-corrected chi connectivity index (χ0v) is 18.5.